The van der Waals surface area contributed by atoms with Gasteiger partial charge in [-0.3, -0.25) is 10.1 Å². The fourth-order valence-electron chi connectivity index (χ4n) is 3.46. The van der Waals surface area contributed by atoms with E-state index in [-0.39, 0.29) is 17.8 Å². The molecule has 0 saturated carbocycles. The molecule has 2 atom stereocenters. The van der Waals surface area contributed by atoms with Crippen molar-refractivity contribution >= 4 is 11.5 Å². The minimum absolute atomic E-state index is 0.00491. The summed E-state index contributed by atoms with van der Waals surface area (Å²) in [6, 6.07) is 7.93. The van der Waals surface area contributed by atoms with Crippen LogP contribution >= 0.6 is 0 Å². The standard InChI is InChI=1S/C19H20N6O4/c1-11-8-17(22-18(20-11)13-4-6-14(7-5-13)25(26)27)24-10-15(28-3)9-16(24)19-21-12(2)23-29-19/h4-8,15-16H,9-10H2,1-3H3. The van der Waals surface area contributed by atoms with Crippen LogP contribution in [-0.4, -0.2) is 44.8 Å². The van der Waals surface area contributed by atoms with Crippen LogP contribution in [0, 0.1) is 24.0 Å². The lowest BCUT2D eigenvalue weighted by Gasteiger charge is -2.23. The van der Waals surface area contributed by atoms with Gasteiger partial charge in [0, 0.05) is 49.5 Å². The van der Waals surface area contributed by atoms with E-state index in [1.165, 1.54) is 12.1 Å². The molecule has 0 N–H and O–H groups in total. The Morgan fingerprint density at radius 1 is 1.21 bits per heavy atom. The highest BCUT2D eigenvalue weighted by molar-refractivity contribution is 5.60. The van der Waals surface area contributed by atoms with E-state index < -0.39 is 4.92 Å². The summed E-state index contributed by atoms with van der Waals surface area (Å²) in [4.78, 5) is 26.1. The number of methoxy groups -OCH3 is 1. The summed E-state index contributed by atoms with van der Waals surface area (Å²) < 4.78 is 11.0. The summed E-state index contributed by atoms with van der Waals surface area (Å²) >= 11 is 0. The number of aryl methyl sites for hydroxylation is 2. The lowest BCUT2D eigenvalue weighted by atomic mass is 10.2. The molecule has 1 aliphatic heterocycles. The van der Waals surface area contributed by atoms with E-state index in [2.05, 4.69) is 20.0 Å². The van der Waals surface area contributed by atoms with Gasteiger partial charge < -0.3 is 14.2 Å². The van der Waals surface area contributed by atoms with Crippen molar-refractivity contribution in [1.29, 1.82) is 0 Å². The van der Waals surface area contributed by atoms with Gasteiger partial charge in [-0.1, -0.05) is 5.16 Å². The zero-order valence-electron chi connectivity index (χ0n) is 16.3. The molecule has 150 valence electrons. The molecule has 1 aliphatic rings. The van der Waals surface area contributed by atoms with E-state index in [1.54, 1.807) is 26.2 Å². The Labute approximate surface area is 166 Å². The Morgan fingerprint density at radius 3 is 2.59 bits per heavy atom. The van der Waals surface area contributed by atoms with Crippen LogP contribution < -0.4 is 4.90 Å². The lowest BCUT2D eigenvalue weighted by molar-refractivity contribution is -0.384. The van der Waals surface area contributed by atoms with E-state index in [9.17, 15) is 10.1 Å². The minimum atomic E-state index is -0.432. The predicted octanol–water partition coefficient (Wildman–Crippen LogP) is 3.02. The first-order chi connectivity index (χ1) is 13.9. The Kier molecular flexibility index (Phi) is 4.93. The van der Waals surface area contributed by atoms with Crippen molar-refractivity contribution < 1.29 is 14.2 Å². The van der Waals surface area contributed by atoms with Gasteiger partial charge in [-0.25, -0.2) is 9.97 Å². The zero-order chi connectivity index (χ0) is 20.5. The SMILES string of the molecule is COC1CC(c2nc(C)no2)N(c2cc(C)nc(-c3ccc([N+](=O)[O-])cc3)n2)C1. The Bertz CT molecular complexity index is 1040. The van der Waals surface area contributed by atoms with Crippen molar-refractivity contribution in [1.82, 2.24) is 20.1 Å². The first-order valence-electron chi connectivity index (χ1n) is 9.14. The van der Waals surface area contributed by atoms with Crippen molar-refractivity contribution in [2.75, 3.05) is 18.6 Å². The topological polar surface area (TPSA) is 120 Å². The van der Waals surface area contributed by atoms with Gasteiger partial charge in [0.15, 0.2) is 11.6 Å². The fourth-order valence-corrected chi connectivity index (χ4v) is 3.46. The summed E-state index contributed by atoms with van der Waals surface area (Å²) in [7, 11) is 1.68. The number of anilines is 1. The summed E-state index contributed by atoms with van der Waals surface area (Å²) in [6.07, 6.45) is 0.707. The molecular weight excluding hydrogens is 376 g/mol. The van der Waals surface area contributed by atoms with Crippen molar-refractivity contribution in [2.45, 2.75) is 32.4 Å². The first kappa shape index (κ1) is 18.9. The Balaban J connectivity index is 1.71. The second kappa shape index (κ2) is 7.55. The van der Waals surface area contributed by atoms with Crippen molar-refractivity contribution in [3.05, 3.63) is 57.9 Å². The van der Waals surface area contributed by atoms with Crippen LogP contribution in [0.1, 0.15) is 29.9 Å². The molecule has 10 nitrogen and oxygen atoms in total. The smallest absolute Gasteiger partial charge is 0.269 e. The number of benzene rings is 1. The average Bonchev–Trinajstić information content (AvgIpc) is 3.33. The third kappa shape index (κ3) is 3.79. The van der Waals surface area contributed by atoms with Gasteiger partial charge in [-0.2, -0.15) is 4.98 Å². The van der Waals surface area contributed by atoms with Gasteiger partial charge in [0.2, 0.25) is 5.89 Å². The van der Waals surface area contributed by atoms with Gasteiger partial charge in [0.25, 0.3) is 5.69 Å². The largest absolute Gasteiger partial charge is 0.380 e. The third-order valence-electron chi connectivity index (χ3n) is 4.90. The minimum Gasteiger partial charge on any atom is -0.380 e. The molecule has 4 rings (SSSR count). The van der Waals surface area contributed by atoms with Crippen LogP contribution in [0.15, 0.2) is 34.9 Å². The molecule has 2 aromatic heterocycles. The van der Waals surface area contributed by atoms with Crippen molar-refractivity contribution in [3.8, 4) is 11.4 Å². The number of nitro benzene ring substituents is 1. The van der Waals surface area contributed by atoms with E-state index >= 15 is 0 Å². The van der Waals surface area contributed by atoms with Crippen LogP contribution in [0.5, 0.6) is 0 Å². The predicted molar refractivity (Wildman–Crippen MR) is 103 cm³/mol. The summed E-state index contributed by atoms with van der Waals surface area (Å²) in [5.41, 5.74) is 1.51. The summed E-state index contributed by atoms with van der Waals surface area (Å²) in [5.74, 6) is 2.31. The Morgan fingerprint density at radius 2 is 1.97 bits per heavy atom. The molecule has 1 aromatic carbocycles. The number of aromatic nitrogens is 4. The second-order valence-electron chi connectivity index (χ2n) is 6.94. The van der Waals surface area contributed by atoms with E-state index in [4.69, 9.17) is 14.2 Å². The van der Waals surface area contributed by atoms with Crippen LogP contribution in [0.25, 0.3) is 11.4 Å². The highest BCUT2D eigenvalue weighted by atomic mass is 16.6. The van der Waals surface area contributed by atoms with E-state index in [0.29, 0.717) is 41.9 Å². The average molecular weight is 396 g/mol. The monoisotopic (exact) mass is 396 g/mol. The maximum atomic E-state index is 10.9. The molecule has 29 heavy (non-hydrogen) atoms. The highest BCUT2D eigenvalue weighted by Gasteiger charge is 2.38. The number of non-ortho nitro benzene ring substituents is 1. The quantitative estimate of drug-likeness (QED) is 0.473. The van der Waals surface area contributed by atoms with Crippen molar-refractivity contribution in [3.63, 3.8) is 0 Å². The van der Waals surface area contributed by atoms with Crippen LogP contribution in [0.4, 0.5) is 11.5 Å². The molecule has 0 bridgehead atoms. The molecule has 0 radical (unpaired) electrons. The van der Waals surface area contributed by atoms with Crippen LogP contribution in [-0.2, 0) is 4.74 Å². The normalized spacial score (nSPS) is 18.9. The number of hydrogen-bond donors (Lipinski definition) is 0. The molecule has 1 fully saturated rings. The molecule has 3 aromatic rings. The molecule has 3 heterocycles. The number of nitro groups is 1. The number of nitrogens with zero attached hydrogens (tertiary/aromatic N) is 6. The summed E-state index contributed by atoms with van der Waals surface area (Å²) in [5, 5.41) is 14.8. The molecular formula is C19H20N6O4. The maximum Gasteiger partial charge on any atom is 0.269 e. The molecule has 0 aliphatic carbocycles. The molecule has 1 saturated heterocycles. The zero-order valence-corrected chi connectivity index (χ0v) is 16.3. The van der Waals surface area contributed by atoms with Crippen LogP contribution in [0.2, 0.25) is 0 Å². The Hall–Kier alpha value is -3.40. The van der Waals surface area contributed by atoms with Crippen molar-refractivity contribution in [2.24, 2.45) is 0 Å². The van der Waals surface area contributed by atoms with E-state index in [1.807, 2.05) is 13.0 Å². The van der Waals surface area contributed by atoms with Gasteiger partial charge in [-0.15, -0.1) is 0 Å². The second-order valence-corrected chi connectivity index (χ2v) is 6.94. The molecule has 10 heteroatoms. The lowest BCUT2D eigenvalue weighted by Crippen LogP contribution is -2.26. The van der Waals surface area contributed by atoms with E-state index in [0.717, 1.165) is 5.69 Å². The number of hydrogen-bond acceptors (Lipinski definition) is 9. The highest BCUT2D eigenvalue weighted by Crippen LogP contribution is 2.36. The van der Waals surface area contributed by atoms with Gasteiger partial charge in [0.1, 0.15) is 11.9 Å². The van der Waals surface area contributed by atoms with Gasteiger partial charge in [-0.05, 0) is 26.0 Å². The third-order valence-corrected chi connectivity index (χ3v) is 4.90. The number of rotatable bonds is 5. The molecule has 0 spiro atoms. The van der Waals surface area contributed by atoms with Gasteiger partial charge >= 0.3 is 0 Å². The molecule has 2 unspecified atom stereocenters. The fraction of sp³-hybridized carbons (Fsp3) is 0.368. The van der Waals surface area contributed by atoms with Crippen LogP contribution in [0.3, 0.4) is 0 Å². The molecule has 0 amide bonds. The maximum absolute atomic E-state index is 10.9. The first-order valence-corrected chi connectivity index (χ1v) is 9.14. The number of ether oxygens (including phenoxy) is 1. The summed E-state index contributed by atoms with van der Waals surface area (Å²) in [6.45, 7) is 4.29. The van der Waals surface area contributed by atoms with Gasteiger partial charge in [0.05, 0.1) is 11.0 Å².